The molecule has 1 aliphatic rings. The van der Waals surface area contributed by atoms with E-state index < -0.39 is 34.6 Å². The molecule has 0 aliphatic carbocycles. The first-order valence-electron chi connectivity index (χ1n) is 8.57. The van der Waals surface area contributed by atoms with Crippen molar-refractivity contribution in [3.05, 3.63) is 81.0 Å². The number of amides is 3. The molecule has 8 nitrogen and oxygen atoms in total. The molecule has 1 atom stereocenters. The third kappa shape index (κ3) is 4.40. The quantitative estimate of drug-likeness (QED) is 0.515. The van der Waals surface area contributed by atoms with Gasteiger partial charge in [-0.25, -0.2) is 4.79 Å². The Hall–Kier alpha value is -3.89. The van der Waals surface area contributed by atoms with Crippen molar-refractivity contribution in [1.29, 1.82) is 0 Å². The van der Waals surface area contributed by atoms with Gasteiger partial charge in [-0.1, -0.05) is 6.07 Å². The van der Waals surface area contributed by atoms with Gasteiger partial charge in [-0.2, -0.15) is 13.2 Å². The molecule has 0 saturated carbocycles. The molecule has 0 fully saturated rings. The van der Waals surface area contributed by atoms with Crippen molar-refractivity contribution in [2.75, 3.05) is 5.32 Å². The molecule has 2 aromatic rings. The van der Waals surface area contributed by atoms with Crippen molar-refractivity contribution >= 4 is 23.3 Å². The second-order valence-corrected chi connectivity index (χ2v) is 6.45. The molecule has 156 valence electrons. The van der Waals surface area contributed by atoms with Crippen LogP contribution >= 0.6 is 0 Å². The van der Waals surface area contributed by atoms with Gasteiger partial charge < -0.3 is 16.0 Å². The number of urea groups is 1. The molecular formula is C19H15F3N4O4. The number of non-ortho nitro benzene ring substituents is 1. The third-order valence-corrected chi connectivity index (χ3v) is 4.40. The van der Waals surface area contributed by atoms with Crippen molar-refractivity contribution < 1.29 is 27.7 Å². The van der Waals surface area contributed by atoms with Crippen LogP contribution in [0.3, 0.4) is 0 Å². The molecule has 0 saturated heterocycles. The highest BCUT2D eigenvalue weighted by Gasteiger charge is 2.33. The van der Waals surface area contributed by atoms with Crippen LogP contribution in [0.5, 0.6) is 0 Å². The largest absolute Gasteiger partial charge is 0.416 e. The van der Waals surface area contributed by atoms with Crippen molar-refractivity contribution in [3.8, 4) is 0 Å². The number of allylic oxidation sites excluding steroid dienone is 1. The van der Waals surface area contributed by atoms with Gasteiger partial charge in [0, 0.05) is 23.5 Å². The summed E-state index contributed by atoms with van der Waals surface area (Å²) in [6.07, 6.45) is -4.57. The number of nitrogens with one attached hydrogen (secondary N) is 3. The highest BCUT2D eigenvalue weighted by molar-refractivity contribution is 6.06. The van der Waals surface area contributed by atoms with E-state index in [1.807, 2.05) is 0 Å². The monoisotopic (exact) mass is 420 g/mol. The summed E-state index contributed by atoms with van der Waals surface area (Å²) in [6.45, 7) is 1.47. The Bertz CT molecular complexity index is 1050. The highest BCUT2D eigenvalue weighted by atomic mass is 19.4. The van der Waals surface area contributed by atoms with E-state index in [2.05, 4.69) is 16.0 Å². The fraction of sp³-hybridized carbons (Fsp3) is 0.158. The van der Waals surface area contributed by atoms with Gasteiger partial charge in [0.1, 0.15) is 0 Å². The second-order valence-electron chi connectivity index (χ2n) is 6.45. The number of rotatable bonds is 4. The molecule has 0 spiro atoms. The predicted octanol–water partition coefficient (Wildman–Crippen LogP) is 3.88. The molecule has 0 aromatic heterocycles. The zero-order chi connectivity index (χ0) is 22.1. The molecule has 3 rings (SSSR count). The molecule has 3 N–H and O–H groups in total. The number of carbonyl (C=O) groups excluding carboxylic acids is 2. The first-order chi connectivity index (χ1) is 14.1. The number of anilines is 1. The summed E-state index contributed by atoms with van der Waals surface area (Å²) in [5, 5.41) is 18.2. The molecule has 11 heteroatoms. The number of halogens is 3. The number of nitrogens with zero attached hydrogens (tertiary/aromatic N) is 1. The number of alkyl halides is 3. The first kappa shape index (κ1) is 20.8. The lowest BCUT2D eigenvalue weighted by Gasteiger charge is -2.28. The van der Waals surface area contributed by atoms with Gasteiger partial charge in [-0.3, -0.25) is 14.9 Å². The number of hydrogen-bond donors (Lipinski definition) is 3. The van der Waals surface area contributed by atoms with Crippen molar-refractivity contribution in [1.82, 2.24) is 10.6 Å². The van der Waals surface area contributed by atoms with Gasteiger partial charge in [-0.05, 0) is 42.8 Å². The van der Waals surface area contributed by atoms with E-state index in [0.717, 1.165) is 18.2 Å². The lowest BCUT2D eigenvalue weighted by atomic mass is 9.94. The Morgan fingerprint density at radius 3 is 2.43 bits per heavy atom. The second kappa shape index (κ2) is 7.85. The topological polar surface area (TPSA) is 113 Å². The number of hydrogen-bond acceptors (Lipinski definition) is 4. The fourth-order valence-electron chi connectivity index (χ4n) is 3.01. The van der Waals surface area contributed by atoms with E-state index in [-0.39, 0.29) is 22.6 Å². The Morgan fingerprint density at radius 1 is 1.17 bits per heavy atom. The van der Waals surface area contributed by atoms with Gasteiger partial charge in [0.25, 0.3) is 11.6 Å². The summed E-state index contributed by atoms with van der Waals surface area (Å²) in [7, 11) is 0. The predicted molar refractivity (Wildman–Crippen MR) is 100 cm³/mol. The van der Waals surface area contributed by atoms with Crippen LogP contribution in [0.2, 0.25) is 0 Å². The van der Waals surface area contributed by atoms with Gasteiger partial charge in [-0.15, -0.1) is 0 Å². The first-order valence-corrected chi connectivity index (χ1v) is 8.57. The van der Waals surface area contributed by atoms with Crippen LogP contribution in [-0.2, 0) is 11.0 Å². The fourth-order valence-corrected chi connectivity index (χ4v) is 3.01. The summed E-state index contributed by atoms with van der Waals surface area (Å²) in [5.41, 5.74) is -0.520. The zero-order valence-corrected chi connectivity index (χ0v) is 15.4. The molecule has 1 heterocycles. The summed E-state index contributed by atoms with van der Waals surface area (Å²) in [4.78, 5) is 35.0. The van der Waals surface area contributed by atoms with Crippen LogP contribution < -0.4 is 16.0 Å². The lowest BCUT2D eigenvalue weighted by molar-refractivity contribution is -0.384. The number of benzene rings is 2. The average Bonchev–Trinajstić information content (AvgIpc) is 2.67. The zero-order valence-electron chi connectivity index (χ0n) is 15.4. The maximum absolute atomic E-state index is 12.9. The van der Waals surface area contributed by atoms with Crippen molar-refractivity contribution in [2.45, 2.75) is 19.1 Å². The number of nitro benzene ring substituents is 1. The lowest BCUT2D eigenvalue weighted by Crippen LogP contribution is -2.45. The minimum Gasteiger partial charge on any atom is -0.327 e. The molecule has 0 bridgehead atoms. The highest BCUT2D eigenvalue weighted by Crippen LogP contribution is 2.32. The maximum Gasteiger partial charge on any atom is 0.416 e. The SMILES string of the molecule is CC1=C(C(=O)Nc2cccc(C(F)(F)F)c2)[C@@H](c2ccc([N+](=O)[O-])cc2)NC(=O)N1. The van der Waals surface area contributed by atoms with E-state index in [1.54, 1.807) is 0 Å². The number of nitro groups is 1. The summed E-state index contributed by atoms with van der Waals surface area (Å²) in [5.74, 6) is -0.734. The van der Waals surface area contributed by atoms with Crippen LogP contribution in [0.4, 0.5) is 29.3 Å². The molecule has 2 aromatic carbocycles. The van der Waals surface area contributed by atoms with E-state index in [0.29, 0.717) is 5.56 Å². The maximum atomic E-state index is 12.9. The minimum absolute atomic E-state index is 0.0564. The van der Waals surface area contributed by atoms with Crippen LogP contribution in [0.15, 0.2) is 59.8 Å². The van der Waals surface area contributed by atoms with E-state index in [1.165, 1.54) is 37.3 Å². The standard InChI is InChI=1S/C19H15F3N4O4/c1-10-15(17(27)24-13-4-2-3-12(9-13)19(20,21)22)16(25-18(28)23-10)11-5-7-14(8-6-11)26(29)30/h2-9,16H,1H3,(H,24,27)(H2,23,25,28)/t16-/m1/s1. The van der Waals surface area contributed by atoms with Gasteiger partial charge in [0.2, 0.25) is 0 Å². The van der Waals surface area contributed by atoms with Crippen LogP contribution in [0, 0.1) is 10.1 Å². The summed E-state index contributed by atoms with van der Waals surface area (Å²) >= 11 is 0. The van der Waals surface area contributed by atoms with E-state index >= 15 is 0 Å². The minimum atomic E-state index is -4.57. The third-order valence-electron chi connectivity index (χ3n) is 4.40. The van der Waals surface area contributed by atoms with Crippen LogP contribution in [-0.4, -0.2) is 16.9 Å². The Kier molecular flexibility index (Phi) is 5.45. The summed E-state index contributed by atoms with van der Waals surface area (Å²) < 4.78 is 38.7. The normalized spacial score (nSPS) is 16.5. The Balaban J connectivity index is 1.92. The Morgan fingerprint density at radius 2 is 1.83 bits per heavy atom. The van der Waals surface area contributed by atoms with Crippen LogP contribution in [0.1, 0.15) is 24.1 Å². The molecule has 0 radical (unpaired) electrons. The number of carbonyl (C=O) groups is 2. The van der Waals surface area contributed by atoms with Gasteiger partial charge in [0.15, 0.2) is 0 Å². The van der Waals surface area contributed by atoms with Crippen LogP contribution in [0.25, 0.3) is 0 Å². The molecule has 30 heavy (non-hydrogen) atoms. The van der Waals surface area contributed by atoms with Gasteiger partial charge >= 0.3 is 12.2 Å². The molecule has 1 aliphatic heterocycles. The average molecular weight is 420 g/mol. The van der Waals surface area contributed by atoms with Gasteiger partial charge in [0.05, 0.1) is 22.1 Å². The van der Waals surface area contributed by atoms with Crippen molar-refractivity contribution in [3.63, 3.8) is 0 Å². The van der Waals surface area contributed by atoms with E-state index in [4.69, 9.17) is 0 Å². The van der Waals surface area contributed by atoms with Crippen molar-refractivity contribution in [2.24, 2.45) is 0 Å². The molecule has 0 unspecified atom stereocenters. The molecular weight excluding hydrogens is 405 g/mol. The Labute approximate surface area is 167 Å². The summed E-state index contributed by atoms with van der Waals surface area (Å²) in [6, 6.07) is 7.82. The smallest absolute Gasteiger partial charge is 0.327 e. The molecule has 3 amide bonds. The van der Waals surface area contributed by atoms with E-state index in [9.17, 15) is 32.9 Å².